The predicted octanol–water partition coefficient (Wildman–Crippen LogP) is 1.68. The van der Waals surface area contributed by atoms with Gasteiger partial charge < -0.3 is 0 Å². The Morgan fingerprint density at radius 3 is 2.60 bits per heavy atom. The standard InChI is InChI=1S/C10H6N4O/c1-2-4-7(5-3-1)8-6-11-9-10(12-8)14-15-13-9/h1-6H. The van der Waals surface area contributed by atoms with Gasteiger partial charge in [-0.15, -0.1) is 0 Å². The number of fused-ring (bicyclic) bond motifs is 1. The molecule has 0 unspecified atom stereocenters. The van der Waals surface area contributed by atoms with E-state index in [1.54, 1.807) is 6.20 Å². The van der Waals surface area contributed by atoms with E-state index in [2.05, 4.69) is 24.9 Å². The minimum atomic E-state index is 0.426. The Labute approximate surface area is 84.7 Å². The fraction of sp³-hybridized carbons (Fsp3) is 0. The fourth-order valence-electron chi connectivity index (χ4n) is 1.34. The van der Waals surface area contributed by atoms with Crippen LogP contribution in [0.4, 0.5) is 0 Å². The van der Waals surface area contributed by atoms with Crippen molar-refractivity contribution in [3.8, 4) is 11.3 Å². The topological polar surface area (TPSA) is 64.7 Å². The zero-order valence-electron chi connectivity index (χ0n) is 7.66. The highest BCUT2D eigenvalue weighted by Gasteiger charge is 2.05. The van der Waals surface area contributed by atoms with Crippen molar-refractivity contribution in [3.63, 3.8) is 0 Å². The van der Waals surface area contributed by atoms with Crippen LogP contribution >= 0.6 is 0 Å². The van der Waals surface area contributed by atoms with Gasteiger partial charge in [0, 0.05) is 5.56 Å². The number of nitrogens with zero attached hydrogens (tertiary/aromatic N) is 4. The third-order valence-corrected chi connectivity index (χ3v) is 2.06. The first-order valence-corrected chi connectivity index (χ1v) is 4.44. The number of aromatic nitrogens is 4. The van der Waals surface area contributed by atoms with Gasteiger partial charge in [0.05, 0.1) is 11.9 Å². The summed E-state index contributed by atoms with van der Waals surface area (Å²) in [6, 6.07) is 9.77. The molecular formula is C10H6N4O. The minimum Gasteiger partial charge on any atom is -0.240 e. The molecule has 5 heteroatoms. The van der Waals surface area contributed by atoms with E-state index in [9.17, 15) is 0 Å². The minimum absolute atomic E-state index is 0.426. The lowest BCUT2D eigenvalue weighted by molar-refractivity contribution is 0.314. The van der Waals surface area contributed by atoms with Gasteiger partial charge in [-0.3, -0.25) is 0 Å². The molecule has 5 nitrogen and oxygen atoms in total. The molecule has 0 fully saturated rings. The van der Waals surface area contributed by atoms with E-state index < -0.39 is 0 Å². The van der Waals surface area contributed by atoms with E-state index in [-0.39, 0.29) is 0 Å². The first-order valence-electron chi connectivity index (χ1n) is 4.44. The fourth-order valence-corrected chi connectivity index (χ4v) is 1.34. The van der Waals surface area contributed by atoms with Crippen molar-refractivity contribution >= 4 is 11.3 Å². The van der Waals surface area contributed by atoms with Gasteiger partial charge in [-0.25, -0.2) is 14.6 Å². The van der Waals surface area contributed by atoms with Crippen molar-refractivity contribution in [2.45, 2.75) is 0 Å². The van der Waals surface area contributed by atoms with Crippen LogP contribution in [-0.2, 0) is 0 Å². The number of rotatable bonds is 1. The maximum absolute atomic E-state index is 4.53. The molecule has 3 aromatic rings. The second kappa shape index (κ2) is 3.13. The Hall–Kier alpha value is -2.30. The molecule has 0 amide bonds. The molecule has 15 heavy (non-hydrogen) atoms. The quantitative estimate of drug-likeness (QED) is 0.595. The van der Waals surface area contributed by atoms with Crippen molar-refractivity contribution < 1.29 is 4.63 Å². The Morgan fingerprint density at radius 1 is 0.933 bits per heavy atom. The molecule has 0 radical (unpaired) electrons. The van der Waals surface area contributed by atoms with Gasteiger partial charge in [0.15, 0.2) is 0 Å². The SMILES string of the molecule is c1ccc(-c2cnc3nonc3n2)cc1. The molecule has 0 atom stereocenters. The second-order valence-electron chi connectivity index (χ2n) is 3.03. The molecule has 0 aliphatic heterocycles. The summed E-state index contributed by atoms with van der Waals surface area (Å²) in [4.78, 5) is 8.36. The van der Waals surface area contributed by atoms with Gasteiger partial charge >= 0.3 is 0 Å². The maximum Gasteiger partial charge on any atom is 0.243 e. The van der Waals surface area contributed by atoms with Crippen LogP contribution in [0.1, 0.15) is 0 Å². The zero-order chi connectivity index (χ0) is 10.1. The van der Waals surface area contributed by atoms with E-state index in [0.29, 0.717) is 11.3 Å². The zero-order valence-corrected chi connectivity index (χ0v) is 7.66. The Kier molecular flexibility index (Phi) is 1.68. The molecule has 2 heterocycles. The normalized spacial score (nSPS) is 10.7. The molecule has 72 valence electrons. The lowest BCUT2D eigenvalue weighted by Gasteiger charge is -1.97. The van der Waals surface area contributed by atoms with Crippen LogP contribution in [0.5, 0.6) is 0 Å². The summed E-state index contributed by atoms with van der Waals surface area (Å²) in [5.74, 6) is 0. The third-order valence-electron chi connectivity index (χ3n) is 2.06. The van der Waals surface area contributed by atoms with Crippen LogP contribution in [-0.4, -0.2) is 20.3 Å². The van der Waals surface area contributed by atoms with Crippen LogP contribution in [0.2, 0.25) is 0 Å². The van der Waals surface area contributed by atoms with E-state index in [4.69, 9.17) is 0 Å². The summed E-state index contributed by atoms with van der Waals surface area (Å²) in [5, 5.41) is 7.24. The Balaban J connectivity index is 2.19. The highest BCUT2D eigenvalue weighted by Crippen LogP contribution is 2.16. The van der Waals surface area contributed by atoms with Crippen molar-refractivity contribution in [1.29, 1.82) is 0 Å². The van der Waals surface area contributed by atoms with Gasteiger partial charge in [0.25, 0.3) is 0 Å². The number of hydrogen-bond acceptors (Lipinski definition) is 5. The first kappa shape index (κ1) is 8.05. The van der Waals surface area contributed by atoms with E-state index in [1.165, 1.54) is 0 Å². The van der Waals surface area contributed by atoms with Gasteiger partial charge in [0.2, 0.25) is 11.3 Å². The number of benzene rings is 1. The number of hydrogen-bond donors (Lipinski definition) is 0. The van der Waals surface area contributed by atoms with Crippen molar-refractivity contribution in [2.24, 2.45) is 0 Å². The van der Waals surface area contributed by atoms with Gasteiger partial charge in [-0.05, 0) is 10.3 Å². The van der Waals surface area contributed by atoms with Crippen molar-refractivity contribution in [3.05, 3.63) is 36.5 Å². The predicted molar refractivity (Wildman–Crippen MR) is 52.8 cm³/mol. The first-order chi connectivity index (χ1) is 7.43. The molecule has 0 spiro atoms. The summed E-state index contributed by atoms with van der Waals surface area (Å²) in [7, 11) is 0. The maximum atomic E-state index is 4.53. The molecule has 1 aromatic carbocycles. The Morgan fingerprint density at radius 2 is 1.73 bits per heavy atom. The van der Waals surface area contributed by atoms with Crippen molar-refractivity contribution in [1.82, 2.24) is 20.3 Å². The molecule has 3 rings (SSSR count). The summed E-state index contributed by atoms with van der Waals surface area (Å²) >= 11 is 0. The molecule has 0 saturated heterocycles. The van der Waals surface area contributed by atoms with Crippen LogP contribution in [0.15, 0.2) is 41.2 Å². The second-order valence-corrected chi connectivity index (χ2v) is 3.03. The van der Waals surface area contributed by atoms with Crippen molar-refractivity contribution in [2.75, 3.05) is 0 Å². The molecule has 0 aliphatic rings. The van der Waals surface area contributed by atoms with E-state index in [0.717, 1.165) is 11.3 Å². The van der Waals surface area contributed by atoms with Crippen LogP contribution < -0.4 is 0 Å². The smallest absolute Gasteiger partial charge is 0.240 e. The van der Waals surface area contributed by atoms with E-state index in [1.807, 2.05) is 30.3 Å². The largest absolute Gasteiger partial charge is 0.243 e. The molecule has 0 saturated carbocycles. The average Bonchev–Trinajstić information content (AvgIpc) is 2.77. The molecular weight excluding hydrogens is 192 g/mol. The van der Waals surface area contributed by atoms with Gasteiger partial charge in [-0.1, -0.05) is 30.3 Å². The van der Waals surface area contributed by atoms with Crippen LogP contribution in [0.3, 0.4) is 0 Å². The lowest BCUT2D eigenvalue weighted by atomic mass is 10.2. The molecule has 0 bridgehead atoms. The third kappa shape index (κ3) is 1.34. The van der Waals surface area contributed by atoms with Gasteiger partial charge in [0.1, 0.15) is 0 Å². The summed E-state index contributed by atoms with van der Waals surface area (Å²) < 4.78 is 4.53. The summed E-state index contributed by atoms with van der Waals surface area (Å²) in [6.45, 7) is 0. The Bertz CT molecular complexity index is 590. The average molecular weight is 198 g/mol. The molecule has 0 aliphatic carbocycles. The lowest BCUT2D eigenvalue weighted by Crippen LogP contribution is -1.87. The summed E-state index contributed by atoms with van der Waals surface area (Å²) in [6.07, 6.45) is 1.65. The monoisotopic (exact) mass is 198 g/mol. The highest BCUT2D eigenvalue weighted by molar-refractivity contribution is 5.68. The van der Waals surface area contributed by atoms with Crippen LogP contribution in [0.25, 0.3) is 22.6 Å². The van der Waals surface area contributed by atoms with Crippen LogP contribution in [0, 0.1) is 0 Å². The van der Waals surface area contributed by atoms with E-state index >= 15 is 0 Å². The summed E-state index contributed by atoms with van der Waals surface area (Å²) in [5.41, 5.74) is 2.61. The van der Waals surface area contributed by atoms with Gasteiger partial charge in [-0.2, -0.15) is 0 Å². The molecule has 2 aromatic heterocycles. The molecule has 0 N–H and O–H groups in total. The highest BCUT2D eigenvalue weighted by atomic mass is 16.6.